The maximum absolute atomic E-state index is 10.9. The van der Waals surface area contributed by atoms with E-state index < -0.39 is 15.5 Å². The molecule has 0 amide bonds. The molecule has 2 rings (SSSR count). The minimum absolute atomic E-state index is 0.0195. The fraction of sp³-hybridized carbons (Fsp3) is 0.455. The van der Waals surface area contributed by atoms with Gasteiger partial charge in [-0.25, -0.2) is 0 Å². The number of nitro benzene ring substituents is 2. The van der Waals surface area contributed by atoms with Crippen molar-refractivity contribution >= 4 is 11.4 Å². The van der Waals surface area contributed by atoms with Crippen LogP contribution in [0.15, 0.2) is 18.2 Å². The average Bonchev–Trinajstić information content (AvgIpc) is 2.89. The Morgan fingerprint density at radius 2 is 2.11 bits per heavy atom. The molecule has 19 heavy (non-hydrogen) atoms. The lowest BCUT2D eigenvalue weighted by Crippen LogP contribution is -2.16. The van der Waals surface area contributed by atoms with E-state index in [9.17, 15) is 20.2 Å². The Bertz CT molecular complexity index is 498. The van der Waals surface area contributed by atoms with Crippen molar-refractivity contribution in [2.75, 3.05) is 13.2 Å². The first-order valence-electron chi connectivity index (χ1n) is 5.75. The van der Waals surface area contributed by atoms with Crippen molar-refractivity contribution in [1.82, 2.24) is 0 Å². The topological polar surface area (TPSA) is 105 Å². The number of benzene rings is 1. The number of ether oxygens (including phenoxy) is 2. The van der Waals surface area contributed by atoms with Crippen LogP contribution in [0.3, 0.4) is 0 Å². The van der Waals surface area contributed by atoms with E-state index in [0.29, 0.717) is 6.61 Å². The molecule has 0 aromatic heterocycles. The Kier molecular flexibility index (Phi) is 3.91. The molecule has 1 aromatic carbocycles. The fourth-order valence-corrected chi connectivity index (χ4v) is 1.84. The summed E-state index contributed by atoms with van der Waals surface area (Å²) in [5, 5.41) is 21.4. The first-order valence-corrected chi connectivity index (χ1v) is 5.75. The quantitative estimate of drug-likeness (QED) is 0.597. The predicted molar refractivity (Wildman–Crippen MR) is 64.2 cm³/mol. The molecule has 1 fully saturated rings. The minimum Gasteiger partial charge on any atom is -0.484 e. The molecule has 1 aliphatic rings. The third-order valence-electron chi connectivity index (χ3n) is 2.80. The second-order valence-electron chi connectivity index (χ2n) is 4.11. The minimum atomic E-state index is -0.697. The molecule has 0 unspecified atom stereocenters. The molecule has 1 heterocycles. The Morgan fingerprint density at radius 3 is 2.68 bits per heavy atom. The van der Waals surface area contributed by atoms with Gasteiger partial charge in [0.2, 0.25) is 0 Å². The number of non-ortho nitro benzene ring substituents is 1. The van der Waals surface area contributed by atoms with Crippen LogP contribution in [0.5, 0.6) is 5.75 Å². The van der Waals surface area contributed by atoms with E-state index in [1.807, 2.05) is 0 Å². The maximum atomic E-state index is 10.9. The lowest BCUT2D eigenvalue weighted by Gasteiger charge is -2.11. The van der Waals surface area contributed by atoms with Crippen LogP contribution in [-0.4, -0.2) is 29.2 Å². The van der Waals surface area contributed by atoms with Gasteiger partial charge in [0.1, 0.15) is 6.61 Å². The summed E-state index contributed by atoms with van der Waals surface area (Å²) >= 11 is 0. The molecule has 1 aliphatic heterocycles. The highest BCUT2D eigenvalue weighted by Crippen LogP contribution is 2.31. The molecule has 0 saturated carbocycles. The van der Waals surface area contributed by atoms with Crippen LogP contribution in [0.2, 0.25) is 0 Å². The summed E-state index contributed by atoms with van der Waals surface area (Å²) in [4.78, 5) is 20.1. The molecular weight excluding hydrogens is 256 g/mol. The second-order valence-corrected chi connectivity index (χ2v) is 4.11. The third kappa shape index (κ3) is 3.16. The summed E-state index contributed by atoms with van der Waals surface area (Å²) in [5.41, 5.74) is -0.747. The molecule has 102 valence electrons. The summed E-state index contributed by atoms with van der Waals surface area (Å²) in [6, 6.07) is 3.31. The van der Waals surface area contributed by atoms with Gasteiger partial charge in [-0.3, -0.25) is 20.2 Å². The van der Waals surface area contributed by atoms with Gasteiger partial charge in [-0.15, -0.1) is 0 Å². The van der Waals surface area contributed by atoms with Crippen molar-refractivity contribution in [2.24, 2.45) is 0 Å². The van der Waals surface area contributed by atoms with Gasteiger partial charge in [0, 0.05) is 12.7 Å². The molecular formula is C11H12N2O6. The van der Waals surface area contributed by atoms with E-state index in [4.69, 9.17) is 9.47 Å². The lowest BCUT2D eigenvalue weighted by molar-refractivity contribution is -0.394. The van der Waals surface area contributed by atoms with Crippen LogP contribution in [-0.2, 0) is 4.74 Å². The van der Waals surface area contributed by atoms with Crippen LogP contribution in [0.25, 0.3) is 0 Å². The number of hydrogen-bond donors (Lipinski definition) is 0. The first-order chi connectivity index (χ1) is 9.08. The van der Waals surface area contributed by atoms with Gasteiger partial charge in [0.25, 0.3) is 5.69 Å². The SMILES string of the molecule is O=[N+]([O-])c1ccc(OC[C@H]2CCCO2)c([N+](=O)[O-])c1. The molecule has 0 aliphatic carbocycles. The standard InChI is InChI=1S/C11H12N2O6/c14-12(15)8-3-4-11(10(6-8)13(16)17)19-7-9-2-1-5-18-9/h3-4,6,9H,1-2,5,7H2/t9-/m1/s1. The van der Waals surface area contributed by atoms with E-state index in [-0.39, 0.29) is 24.1 Å². The largest absolute Gasteiger partial charge is 0.484 e. The first kappa shape index (κ1) is 13.2. The number of nitro groups is 2. The molecule has 0 N–H and O–H groups in total. The van der Waals surface area contributed by atoms with Gasteiger partial charge >= 0.3 is 5.69 Å². The van der Waals surface area contributed by atoms with Gasteiger partial charge in [-0.05, 0) is 18.9 Å². The summed E-state index contributed by atoms with van der Waals surface area (Å²) in [6.45, 7) is 0.870. The Balaban J connectivity index is 2.14. The average molecular weight is 268 g/mol. The fourth-order valence-electron chi connectivity index (χ4n) is 1.84. The zero-order chi connectivity index (χ0) is 13.8. The van der Waals surface area contributed by atoms with E-state index in [0.717, 1.165) is 18.9 Å². The van der Waals surface area contributed by atoms with Gasteiger partial charge in [-0.2, -0.15) is 0 Å². The molecule has 0 spiro atoms. The summed E-state index contributed by atoms with van der Waals surface area (Å²) < 4.78 is 10.7. The molecule has 1 saturated heterocycles. The summed E-state index contributed by atoms with van der Waals surface area (Å²) in [5.74, 6) is 0.0195. The summed E-state index contributed by atoms with van der Waals surface area (Å²) in [6.07, 6.45) is 1.71. The summed E-state index contributed by atoms with van der Waals surface area (Å²) in [7, 11) is 0. The van der Waals surface area contributed by atoms with Gasteiger partial charge in [0.05, 0.1) is 22.0 Å². The number of hydrogen-bond acceptors (Lipinski definition) is 6. The zero-order valence-electron chi connectivity index (χ0n) is 9.98. The predicted octanol–water partition coefficient (Wildman–Crippen LogP) is 2.06. The van der Waals surface area contributed by atoms with Crippen molar-refractivity contribution in [3.63, 3.8) is 0 Å². The van der Waals surface area contributed by atoms with E-state index in [1.165, 1.54) is 12.1 Å². The second kappa shape index (κ2) is 5.61. The Morgan fingerprint density at radius 1 is 1.32 bits per heavy atom. The Labute approximate surface area is 108 Å². The zero-order valence-corrected chi connectivity index (χ0v) is 9.98. The number of nitrogens with zero attached hydrogens (tertiary/aromatic N) is 2. The van der Waals surface area contributed by atoms with Crippen molar-refractivity contribution in [3.8, 4) is 5.75 Å². The lowest BCUT2D eigenvalue weighted by atomic mass is 10.2. The third-order valence-corrected chi connectivity index (χ3v) is 2.80. The molecule has 1 atom stereocenters. The highest BCUT2D eigenvalue weighted by molar-refractivity contribution is 5.53. The van der Waals surface area contributed by atoms with Gasteiger partial charge in [-0.1, -0.05) is 0 Å². The van der Waals surface area contributed by atoms with Crippen LogP contribution >= 0.6 is 0 Å². The number of rotatable bonds is 5. The molecule has 8 nitrogen and oxygen atoms in total. The van der Waals surface area contributed by atoms with Crippen LogP contribution < -0.4 is 4.74 Å². The van der Waals surface area contributed by atoms with Crippen molar-refractivity contribution in [1.29, 1.82) is 0 Å². The smallest absolute Gasteiger partial charge is 0.317 e. The van der Waals surface area contributed by atoms with E-state index in [1.54, 1.807) is 0 Å². The van der Waals surface area contributed by atoms with Gasteiger partial charge < -0.3 is 9.47 Å². The van der Waals surface area contributed by atoms with E-state index in [2.05, 4.69) is 0 Å². The van der Waals surface area contributed by atoms with Crippen molar-refractivity contribution < 1.29 is 19.3 Å². The molecule has 0 radical (unpaired) electrons. The normalized spacial score (nSPS) is 18.2. The molecule has 8 heteroatoms. The molecule has 1 aromatic rings. The van der Waals surface area contributed by atoms with Crippen LogP contribution in [0.1, 0.15) is 12.8 Å². The highest BCUT2D eigenvalue weighted by atomic mass is 16.6. The monoisotopic (exact) mass is 268 g/mol. The van der Waals surface area contributed by atoms with Crippen LogP contribution in [0.4, 0.5) is 11.4 Å². The molecule has 0 bridgehead atoms. The Hall–Kier alpha value is -2.22. The van der Waals surface area contributed by atoms with E-state index >= 15 is 0 Å². The van der Waals surface area contributed by atoms with Crippen molar-refractivity contribution in [3.05, 3.63) is 38.4 Å². The van der Waals surface area contributed by atoms with Crippen LogP contribution in [0, 0.1) is 20.2 Å². The highest BCUT2D eigenvalue weighted by Gasteiger charge is 2.22. The van der Waals surface area contributed by atoms with Crippen molar-refractivity contribution in [2.45, 2.75) is 18.9 Å². The maximum Gasteiger partial charge on any atom is 0.317 e. The van der Waals surface area contributed by atoms with Gasteiger partial charge in [0.15, 0.2) is 5.75 Å².